The van der Waals surface area contributed by atoms with Gasteiger partial charge in [-0.1, -0.05) is 12.1 Å². The Morgan fingerprint density at radius 3 is 2.89 bits per heavy atom. The predicted octanol–water partition coefficient (Wildman–Crippen LogP) is 3.66. The number of hydrogen-bond acceptors (Lipinski definition) is 5. The van der Waals surface area contributed by atoms with E-state index in [1.165, 1.54) is 11.8 Å². The highest BCUT2D eigenvalue weighted by atomic mass is 32.2. The van der Waals surface area contributed by atoms with Crippen molar-refractivity contribution in [2.45, 2.75) is 9.37 Å². The highest BCUT2D eigenvalue weighted by Crippen LogP contribution is 2.34. The van der Waals surface area contributed by atoms with E-state index in [2.05, 4.69) is 9.97 Å². The first-order chi connectivity index (χ1) is 8.86. The molecule has 2 heterocycles. The molecule has 0 amide bonds. The topological polar surface area (TPSA) is 42.9 Å². The molecule has 1 aromatic carbocycles. The zero-order chi connectivity index (χ0) is 12.4. The van der Waals surface area contributed by atoms with Crippen molar-refractivity contribution in [3.05, 3.63) is 48.2 Å². The quantitative estimate of drug-likeness (QED) is 0.682. The average molecular weight is 272 g/mol. The Labute approximate surface area is 112 Å². The number of aldehydes is 1. The van der Waals surface area contributed by atoms with Gasteiger partial charge in [-0.2, -0.15) is 0 Å². The van der Waals surface area contributed by atoms with Crippen LogP contribution < -0.4 is 0 Å². The van der Waals surface area contributed by atoms with Crippen molar-refractivity contribution in [1.82, 2.24) is 9.97 Å². The van der Waals surface area contributed by atoms with Gasteiger partial charge in [-0.05, 0) is 36.0 Å². The van der Waals surface area contributed by atoms with E-state index >= 15 is 0 Å². The van der Waals surface area contributed by atoms with Gasteiger partial charge in [0, 0.05) is 11.8 Å². The van der Waals surface area contributed by atoms with Crippen molar-refractivity contribution < 1.29 is 4.79 Å². The second-order valence-corrected chi connectivity index (χ2v) is 5.83. The molecule has 0 unspecified atom stereocenters. The van der Waals surface area contributed by atoms with Crippen LogP contribution >= 0.6 is 23.1 Å². The minimum absolute atomic E-state index is 0.599. The summed E-state index contributed by atoms with van der Waals surface area (Å²) in [6, 6.07) is 11.5. The molecular formula is C13H8N2OS2. The minimum atomic E-state index is 0.599. The lowest BCUT2D eigenvalue weighted by molar-refractivity contribution is 0.112. The van der Waals surface area contributed by atoms with E-state index in [4.69, 9.17) is 0 Å². The first kappa shape index (κ1) is 11.4. The van der Waals surface area contributed by atoms with Crippen LogP contribution in [-0.4, -0.2) is 16.3 Å². The van der Waals surface area contributed by atoms with Crippen molar-refractivity contribution in [3.8, 4) is 0 Å². The lowest BCUT2D eigenvalue weighted by atomic mass is 10.3. The summed E-state index contributed by atoms with van der Waals surface area (Å²) in [5.41, 5.74) is 1.58. The Bertz CT molecular complexity index is 676. The third-order valence-corrected chi connectivity index (χ3v) is 4.52. The van der Waals surface area contributed by atoms with Crippen molar-refractivity contribution in [2.24, 2.45) is 0 Å². The molecule has 5 heteroatoms. The van der Waals surface area contributed by atoms with Crippen LogP contribution in [0.2, 0.25) is 0 Å². The summed E-state index contributed by atoms with van der Waals surface area (Å²) in [5.74, 6) is 0. The number of aromatic nitrogens is 2. The molecule has 3 aromatic rings. The summed E-state index contributed by atoms with van der Waals surface area (Å²) in [6.45, 7) is 0. The number of carbonyl (C=O) groups is 1. The zero-order valence-corrected chi connectivity index (χ0v) is 10.9. The van der Waals surface area contributed by atoms with Crippen molar-refractivity contribution in [1.29, 1.82) is 0 Å². The number of pyridine rings is 1. The normalized spacial score (nSPS) is 10.7. The standard InChI is InChI=1S/C13H8N2OS2/c16-8-9-4-3-7-14-12(9)18-13-15-10-5-1-2-6-11(10)17-13/h1-8H. The average Bonchev–Trinajstić information content (AvgIpc) is 2.81. The maximum Gasteiger partial charge on any atom is 0.157 e. The highest BCUT2D eigenvalue weighted by molar-refractivity contribution is 8.01. The molecule has 88 valence electrons. The number of thiazole rings is 1. The molecule has 0 N–H and O–H groups in total. The van der Waals surface area contributed by atoms with Crippen LogP contribution in [0.1, 0.15) is 10.4 Å². The van der Waals surface area contributed by atoms with Gasteiger partial charge in [-0.3, -0.25) is 4.79 Å². The second-order valence-electron chi connectivity index (χ2n) is 3.57. The molecule has 0 aliphatic carbocycles. The van der Waals surface area contributed by atoms with Gasteiger partial charge in [0.05, 0.1) is 10.2 Å². The van der Waals surface area contributed by atoms with Crippen LogP contribution in [0.25, 0.3) is 10.2 Å². The van der Waals surface area contributed by atoms with Crippen LogP contribution in [-0.2, 0) is 0 Å². The van der Waals surface area contributed by atoms with Crippen LogP contribution in [0, 0.1) is 0 Å². The number of nitrogens with zero attached hydrogens (tertiary/aromatic N) is 2. The summed E-state index contributed by atoms with van der Waals surface area (Å²) in [6.07, 6.45) is 2.51. The largest absolute Gasteiger partial charge is 0.298 e. The Kier molecular flexibility index (Phi) is 3.08. The lowest BCUT2D eigenvalue weighted by Crippen LogP contribution is -1.87. The van der Waals surface area contributed by atoms with E-state index in [0.29, 0.717) is 10.6 Å². The van der Waals surface area contributed by atoms with E-state index in [0.717, 1.165) is 20.8 Å². The van der Waals surface area contributed by atoms with E-state index in [1.54, 1.807) is 29.7 Å². The summed E-state index contributed by atoms with van der Waals surface area (Å²) in [7, 11) is 0. The fraction of sp³-hybridized carbons (Fsp3) is 0. The molecule has 0 fully saturated rings. The molecule has 0 atom stereocenters. The Hall–Kier alpha value is -1.72. The molecule has 18 heavy (non-hydrogen) atoms. The van der Waals surface area contributed by atoms with Gasteiger partial charge in [0.1, 0.15) is 5.03 Å². The molecule has 0 saturated carbocycles. The van der Waals surface area contributed by atoms with Gasteiger partial charge in [-0.15, -0.1) is 11.3 Å². The fourth-order valence-electron chi connectivity index (χ4n) is 1.56. The SMILES string of the molecule is O=Cc1cccnc1Sc1nc2ccccc2s1. The molecule has 0 spiro atoms. The first-order valence-corrected chi connectivity index (χ1v) is 6.94. The molecule has 2 aromatic heterocycles. The van der Waals surface area contributed by atoms with Crippen molar-refractivity contribution in [3.63, 3.8) is 0 Å². The number of fused-ring (bicyclic) bond motifs is 1. The summed E-state index contributed by atoms with van der Waals surface area (Å²) < 4.78 is 2.04. The Morgan fingerprint density at radius 1 is 1.17 bits per heavy atom. The van der Waals surface area contributed by atoms with Crippen LogP contribution in [0.15, 0.2) is 52.0 Å². The van der Waals surface area contributed by atoms with E-state index in [-0.39, 0.29) is 0 Å². The number of carbonyl (C=O) groups excluding carboxylic acids is 1. The van der Waals surface area contributed by atoms with E-state index < -0.39 is 0 Å². The maximum absolute atomic E-state index is 10.9. The number of rotatable bonds is 3. The summed E-state index contributed by atoms with van der Waals surface area (Å²) in [4.78, 5) is 19.6. The van der Waals surface area contributed by atoms with Gasteiger partial charge in [-0.25, -0.2) is 9.97 Å². The van der Waals surface area contributed by atoms with Gasteiger partial charge in [0.15, 0.2) is 10.6 Å². The van der Waals surface area contributed by atoms with Crippen LogP contribution in [0.3, 0.4) is 0 Å². The van der Waals surface area contributed by atoms with E-state index in [1.807, 2.05) is 24.3 Å². The van der Waals surface area contributed by atoms with Crippen LogP contribution in [0.5, 0.6) is 0 Å². The monoisotopic (exact) mass is 272 g/mol. The second kappa shape index (κ2) is 4.88. The summed E-state index contributed by atoms with van der Waals surface area (Å²) in [5, 5.41) is 0.701. The smallest absolute Gasteiger partial charge is 0.157 e. The molecule has 0 aliphatic rings. The number of hydrogen-bond donors (Lipinski definition) is 0. The zero-order valence-electron chi connectivity index (χ0n) is 9.24. The minimum Gasteiger partial charge on any atom is -0.298 e. The molecule has 0 bridgehead atoms. The van der Waals surface area contributed by atoms with Crippen molar-refractivity contribution in [2.75, 3.05) is 0 Å². The Balaban J connectivity index is 1.98. The van der Waals surface area contributed by atoms with Gasteiger partial charge in [0.25, 0.3) is 0 Å². The molecule has 0 saturated heterocycles. The molecule has 0 aliphatic heterocycles. The van der Waals surface area contributed by atoms with Gasteiger partial charge >= 0.3 is 0 Å². The predicted molar refractivity (Wildman–Crippen MR) is 73.4 cm³/mol. The first-order valence-electron chi connectivity index (χ1n) is 5.30. The fourth-order valence-corrected chi connectivity index (χ4v) is 3.58. The third kappa shape index (κ3) is 2.14. The highest BCUT2D eigenvalue weighted by Gasteiger charge is 2.09. The van der Waals surface area contributed by atoms with Gasteiger partial charge < -0.3 is 0 Å². The summed E-state index contributed by atoms with van der Waals surface area (Å²) >= 11 is 3.04. The van der Waals surface area contributed by atoms with Crippen molar-refractivity contribution >= 4 is 39.6 Å². The number of benzene rings is 1. The molecular weight excluding hydrogens is 264 g/mol. The lowest BCUT2D eigenvalue weighted by Gasteiger charge is -1.98. The van der Waals surface area contributed by atoms with Crippen LogP contribution in [0.4, 0.5) is 0 Å². The van der Waals surface area contributed by atoms with E-state index in [9.17, 15) is 4.79 Å². The number of para-hydroxylation sites is 1. The van der Waals surface area contributed by atoms with Gasteiger partial charge in [0.2, 0.25) is 0 Å². The third-order valence-electron chi connectivity index (χ3n) is 2.39. The molecule has 3 nitrogen and oxygen atoms in total. The Morgan fingerprint density at radius 2 is 2.06 bits per heavy atom. The maximum atomic E-state index is 10.9. The molecule has 3 rings (SSSR count). The molecule has 0 radical (unpaired) electrons.